The summed E-state index contributed by atoms with van der Waals surface area (Å²) in [5.74, 6) is -0.471. The van der Waals surface area contributed by atoms with Crippen LogP contribution in [0.15, 0.2) is 46.4 Å². The SMILES string of the molecule is N#Cc1ccc([C@H]2C[C@@H]2c2cc(-c3c[nH]c(=O)[nH]c3=O)nn3c(F)cnc23)cn1. The molecule has 0 unspecified atom stereocenters. The van der Waals surface area contributed by atoms with Crippen molar-refractivity contribution in [3.05, 3.63) is 80.4 Å². The minimum atomic E-state index is -0.652. The smallest absolute Gasteiger partial charge is 0.313 e. The molecule has 4 heterocycles. The third kappa shape index (κ3) is 2.80. The summed E-state index contributed by atoms with van der Waals surface area (Å²) < 4.78 is 15.3. The van der Waals surface area contributed by atoms with Gasteiger partial charge < -0.3 is 4.98 Å². The summed E-state index contributed by atoms with van der Waals surface area (Å²) in [6, 6.07) is 7.20. The zero-order valence-corrected chi connectivity index (χ0v) is 14.8. The Kier molecular flexibility index (Phi) is 3.64. The number of halogens is 1. The Hall–Kier alpha value is -4.13. The van der Waals surface area contributed by atoms with E-state index in [9.17, 15) is 14.0 Å². The number of H-pyrrole nitrogens is 2. The largest absolute Gasteiger partial charge is 0.325 e. The van der Waals surface area contributed by atoms with Crippen LogP contribution in [0.25, 0.3) is 16.9 Å². The topological polar surface area (TPSA) is 133 Å². The number of rotatable bonds is 3. The van der Waals surface area contributed by atoms with E-state index in [1.807, 2.05) is 12.1 Å². The number of imidazole rings is 1. The minimum Gasteiger partial charge on any atom is -0.313 e. The summed E-state index contributed by atoms with van der Waals surface area (Å²) in [5.41, 5.74) is 1.54. The number of hydrogen-bond acceptors (Lipinski definition) is 6. The van der Waals surface area contributed by atoms with Crippen LogP contribution in [0, 0.1) is 17.3 Å². The maximum absolute atomic E-state index is 14.2. The van der Waals surface area contributed by atoms with Crippen molar-refractivity contribution in [2.75, 3.05) is 0 Å². The Balaban J connectivity index is 1.61. The van der Waals surface area contributed by atoms with E-state index in [-0.39, 0.29) is 23.1 Å². The summed E-state index contributed by atoms with van der Waals surface area (Å²) in [7, 11) is 0. The monoisotopic (exact) mass is 389 g/mol. The van der Waals surface area contributed by atoms with Gasteiger partial charge in [0.25, 0.3) is 5.56 Å². The van der Waals surface area contributed by atoms with Crippen LogP contribution in [0.1, 0.15) is 35.1 Å². The number of fused-ring (bicyclic) bond motifs is 1. The van der Waals surface area contributed by atoms with Crippen molar-refractivity contribution in [1.29, 1.82) is 5.26 Å². The molecule has 0 bridgehead atoms. The highest BCUT2D eigenvalue weighted by atomic mass is 19.1. The van der Waals surface area contributed by atoms with Crippen molar-refractivity contribution < 1.29 is 4.39 Å². The number of pyridine rings is 1. The van der Waals surface area contributed by atoms with Crippen molar-refractivity contribution in [2.24, 2.45) is 0 Å². The molecule has 1 fully saturated rings. The van der Waals surface area contributed by atoms with Gasteiger partial charge in [-0.25, -0.2) is 14.8 Å². The Bertz CT molecular complexity index is 1410. The van der Waals surface area contributed by atoms with Crippen LogP contribution in [0.2, 0.25) is 0 Å². The molecule has 0 saturated heterocycles. The fraction of sp³-hybridized carbons (Fsp3) is 0.158. The zero-order valence-electron chi connectivity index (χ0n) is 14.8. The van der Waals surface area contributed by atoms with E-state index in [0.29, 0.717) is 11.3 Å². The molecule has 0 aliphatic heterocycles. The van der Waals surface area contributed by atoms with Crippen LogP contribution in [-0.4, -0.2) is 29.5 Å². The highest BCUT2D eigenvalue weighted by molar-refractivity contribution is 5.63. The molecular formula is C19H12FN7O2. The van der Waals surface area contributed by atoms with E-state index in [0.717, 1.165) is 28.3 Å². The molecule has 4 aromatic heterocycles. The third-order valence-electron chi connectivity index (χ3n) is 5.07. The Morgan fingerprint density at radius 2 is 2.07 bits per heavy atom. The lowest BCUT2D eigenvalue weighted by molar-refractivity contribution is 0.549. The zero-order chi connectivity index (χ0) is 20.1. The molecule has 9 nitrogen and oxygen atoms in total. The van der Waals surface area contributed by atoms with E-state index in [1.54, 1.807) is 18.3 Å². The van der Waals surface area contributed by atoms with Crippen molar-refractivity contribution >= 4 is 5.65 Å². The number of nitrogens with zero attached hydrogens (tertiary/aromatic N) is 5. The van der Waals surface area contributed by atoms with Crippen LogP contribution in [0.3, 0.4) is 0 Å². The minimum absolute atomic E-state index is 0.0395. The van der Waals surface area contributed by atoms with E-state index in [4.69, 9.17) is 5.26 Å². The lowest BCUT2D eigenvalue weighted by Gasteiger charge is -2.07. The fourth-order valence-corrected chi connectivity index (χ4v) is 3.57. The van der Waals surface area contributed by atoms with Gasteiger partial charge in [-0.05, 0) is 36.0 Å². The van der Waals surface area contributed by atoms with Gasteiger partial charge in [0.2, 0.25) is 5.95 Å². The van der Waals surface area contributed by atoms with E-state index < -0.39 is 17.2 Å². The normalized spacial score (nSPS) is 17.9. The molecule has 0 amide bonds. The number of aromatic amines is 2. The second kappa shape index (κ2) is 6.20. The van der Waals surface area contributed by atoms with Crippen LogP contribution >= 0.6 is 0 Å². The van der Waals surface area contributed by atoms with Crippen LogP contribution in [-0.2, 0) is 0 Å². The van der Waals surface area contributed by atoms with Gasteiger partial charge in [-0.15, -0.1) is 0 Å². The standard InChI is InChI=1S/C19H12FN7O2/c20-16-8-23-17-13(12-3-11(12)9-1-2-10(5-21)22-6-9)4-15(26-27(16)17)14-7-24-19(29)25-18(14)28/h1-2,4,6-8,11-12H,3H2,(H2,24,25,28,29)/t11-,12+/m1/s1. The highest BCUT2D eigenvalue weighted by Gasteiger charge is 2.41. The van der Waals surface area contributed by atoms with E-state index in [2.05, 4.69) is 25.0 Å². The van der Waals surface area contributed by atoms with Gasteiger partial charge in [-0.2, -0.15) is 19.3 Å². The van der Waals surface area contributed by atoms with Crippen molar-refractivity contribution in [3.63, 3.8) is 0 Å². The van der Waals surface area contributed by atoms with Gasteiger partial charge in [0.1, 0.15) is 11.8 Å². The summed E-state index contributed by atoms with van der Waals surface area (Å²) in [5, 5.41) is 13.1. The molecule has 4 aromatic rings. The third-order valence-corrected chi connectivity index (χ3v) is 5.07. The van der Waals surface area contributed by atoms with Gasteiger partial charge >= 0.3 is 5.69 Å². The fourth-order valence-electron chi connectivity index (χ4n) is 3.57. The maximum Gasteiger partial charge on any atom is 0.325 e. The first-order valence-corrected chi connectivity index (χ1v) is 8.78. The lowest BCUT2D eigenvalue weighted by Crippen LogP contribution is -2.23. The lowest BCUT2D eigenvalue weighted by atomic mass is 10.1. The molecular weight excluding hydrogens is 377 g/mol. The quantitative estimate of drug-likeness (QED) is 0.545. The van der Waals surface area contributed by atoms with Gasteiger partial charge in [0.15, 0.2) is 5.65 Å². The van der Waals surface area contributed by atoms with Gasteiger partial charge in [-0.1, -0.05) is 6.07 Å². The number of hydrogen-bond donors (Lipinski definition) is 2. The van der Waals surface area contributed by atoms with Gasteiger partial charge in [0, 0.05) is 18.0 Å². The molecule has 5 rings (SSSR count). The molecule has 0 radical (unpaired) electrons. The first-order valence-electron chi connectivity index (χ1n) is 8.78. The predicted molar refractivity (Wildman–Crippen MR) is 98.7 cm³/mol. The molecule has 2 N–H and O–H groups in total. The second-order valence-electron chi connectivity index (χ2n) is 6.82. The average molecular weight is 389 g/mol. The van der Waals surface area contributed by atoms with Crippen LogP contribution in [0.4, 0.5) is 4.39 Å². The molecule has 10 heteroatoms. The number of nitriles is 1. The van der Waals surface area contributed by atoms with Crippen molar-refractivity contribution in [1.82, 2.24) is 29.5 Å². The first kappa shape index (κ1) is 17.0. The Labute approximate surface area is 161 Å². The summed E-state index contributed by atoms with van der Waals surface area (Å²) >= 11 is 0. The molecule has 2 atom stereocenters. The van der Waals surface area contributed by atoms with Crippen molar-refractivity contribution in [3.8, 4) is 17.3 Å². The molecule has 1 saturated carbocycles. The summed E-state index contributed by atoms with van der Waals surface area (Å²) in [6.07, 6.45) is 4.79. The van der Waals surface area contributed by atoms with Crippen LogP contribution in [0.5, 0.6) is 0 Å². The van der Waals surface area contributed by atoms with Crippen LogP contribution < -0.4 is 11.2 Å². The number of aromatic nitrogens is 6. The molecule has 0 spiro atoms. The molecule has 29 heavy (non-hydrogen) atoms. The summed E-state index contributed by atoms with van der Waals surface area (Å²) in [6.45, 7) is 0. The highest BCUT2D eigenvalue weighted by Crippen LogP contribution is 2.55. The Morgan fingerprint density at radius 3 is 2.79 bits per heavy atom. The summed E-state index contributed by atoms with van der Waals surface area (Å²) in [4.78, 5) is 36.2. The average Bonchev–Trinajstić information content (AvgIpc) is 3.44. The van der Waals surface area contributed by atoms with Crippen molar-refractivity contribution in [2.45, 2.75) is 18.3 Å². The van der Waals surface area contributed by atoms with E-state index in [1.165, 1.54) is 6.20 Å². The van der Waals surface area contributed by atoms with Gasteiger partial charge in [-0.3, -0.25) is 9.78 Å². The first-order chi connectivity index (χ1) is 14.0. The molecule has 1 aliphatic carbocycles. The predicted octanol–water partition coefficient (Wildman–Crippen LogP) is 1.45. The Morgan fingerprint density at radius 1 is 1.21 bits per heavy atom. The van der Waals surface area contributed by atoms with Gasteiger partial charge in [0.05, 0.1) is 17.5 Å². The molecule has 142 valence electrons. The second-order valence-corrected chi connectivity index (χ2v) is 6.82. The molecule has 0 aromatic carbocycles. The number of nitrogens with one attached hydrogen (secondary N) is 2. The molecule has 1 aliphatic rings. The van der Waals surface area contributed by atoms with E-state index >= 15 is 0 Å². The maximum atomic E-state index is 14.2.